The Bertz CT molecular complexity index is 1320. The molecule has 34 heavy (non-hydrogen) atoms. The first kappa shape index (κ1) is 23.7. The van der Waals surface area contributed by atoms with Crippen LogP contribution in [0.25, 0.3) is 10.8 Å². The van der Waals surface area contributed by atoms with Gasteiger partial charge in [-0.3, -0.25) is 9.59 Å². The largest absolute Gasteiger partial charge is 0.506 e. The molecule has 1 fully saturated rings. The molecule has 0 aromatic heterocycles. The van der Waals surface area contributed by atoms with Crippen LogP contribution in [0.2, 0.25) is 0 Å². The molecule has 1 atom stereocenters. The molecule has 3 aromatic rings. The Labute approximate surface area is 198 Å². The predicted octanol–water partition coefficient (Wildman–Crippen LogP) is 2.52. The van der Waals surface area contributed by atoms with E-state index in [1.54, 1.807) is 48.5 Å². The third-order valence-electron chi connectivity index (χ3n) is 6.10. The lowest BCUT2D eigenvalue weighted by molar-refractivity contribution is -0.125. The molecule has 4 rings (SSSR count). The second kappa shape index (κ2) is 9.82. The molecule has 0 aliphatic carbocycles. The number of hydrogen-bond acceptors (Lipinski definition) is 5. The maximum absolute atomic E-state index is 13.2. The van der Waals surface area contributed by atoms with Crippen LogP contribution in [-0.4, -0.2) is 49.9 Å². The first-order valence-corrected chi connectivity index (χ1v) is 12.7. The summed E-state index contributed by atoms with van der Waals surface area (Å²) >= 11 is 0. The summed E-state index contributed by atoms with van der Waals surface area (Å²) in [4.78, 5) is 27.6. The fraction of sp³-hybridized carbons (Fsp3) is 0.280. The summed E-state index contributed by atoms with van der Waals surface area (Å²) in [5, 5.41) is 15.0. The third kappa shape index (κ3) is 5.05. The van der Waals surface area contributed by atoms with Crippen molar-refractivity contribution in [3.05, 3.63) is 77.4 Å². The second-order valence-electron chi connectivity index (χ2n) is 8.34. The molecular formula is C25H27N3O5S. The topological polar surface area (TPSA) is 116 Å². The SMILES string of the molecule is CNS(=O)(=O)Cc1ccc(CNC(=O)C2CCCN2C(=O)c2ccc3ccccc3c2O)cc1. The number of carbonyl (C=O) groups excluding carboxylic acids is 2. The maximum Gasteiger partial charge on any atom is 0.258 e. The Morgan fingerprint density at radius 3 is 2.47 bits per heavy atom. The maximum atomic E-state index is 13.2. The molecule has 178 valence electrons. The van der Waals surface area contributed by atoms with Gasteiger partial charge in [-0.1, -0.05) is 54.6 Å². The minimum atomic E-state index is -3.35. The Morgan fingerprint density at radius 2 is 1.74 bits per heavy atom. The average Bonchev–Trinajstić information content (AvgIpc) is 3.33. The third-order valence-corrected chi connectivity index (χ3v) is 7.44. The van der Waals surface area contributed by atoms with E-state index in [9.17, 15) is 23.1 Å². The zero-order chi connectivity index (χ0) is 24.3. The lowest BCUT2D eigenvalue weighted by atomic mass is 10.0. The summed E-state index contributed by atoms with van der Waals surface area (Å²) < 4.78 is 25.6. The van der Waals surface area contributed by atoms with Gasteiger partial charge < -0.3 is 15.3 Å². The number of likely N-dealkylation sites (tertiary alicyclic amines) is 1. The van der Waals surface area contributed by atoms with Gasteiger partial charge in [0.25, 0.3) is 5.91 Å². The first-order chi connectivity index (χ1) is 16.3. The lowest BCUT2D eigenvalue weighted by Crippen LogP contribution is -2.45. The molecule has 1 heterocycles. The second-order valence-corrected chi connectivity index (χ2v) is 10.3. The van der Waals surface area contributed by atoms with Crippen LogP contribution in [0, 0.1) is 0 Å². The van der Waals surface area contributed by atoms with E-state index in [4.69, 9.17) is 0 Å². The molecular weight excluding hydrogens is 454 g/mol. The minimum absolute atomic E-state index is 0.0745. The van der Waals surface area contributed by atoms with Gasteiger partial charge in [-0.15, -0.1) is 0 Å². The molecule has 9 heteroatoms. The smallest absolute Gasteiger partial charge is 0.258 e. The van der Waals surface area contributed by atoms with Crippen LogP contribution < -0.4 is 10.0 Å². The molecule has 0 spiro atoms. The summed E-state index contributed by atoms with van der Waals surface area (Å²) in [6.07, 6.45) is 1.25. The van der Waals surface area contributed by atoms with E-state index in [0.717, 1.165) is 10.9 Å². The molecule has 1 aliphatic rings. The monoisotopic (exact) mass is 481 g/mol. The van der Waals surface area contributed by atoms with Crippen molar-refractivity contribution in [3.63, 3.8) is 0 Å². The molecule has 3 N–H and O–H groups in total. The Morgan fingerprint density at radius 1 is 1.03 bits per heavy atom. The molecule has 1 unspecified atom stereocenters. The molecule has 3 aromatic carbocycles. The van der Waals surface area contributed by atoms with Gasteiger partial charge in [-0.25, -0.2) is 13.1 Å². The fourth-order valence-electron chi connectivity index (χ4n) is 4.22. The van der Waals surface area contributed by atoms with Crippen molar-refractivity contribution in [1.29, 1.82) is 0 Å². The van der Waals surface area contributed by atoms with Crippen LogP contribution in [0.1, 0.15) is 34.3 Å². The number of nitrogens with one attached hydrogen (secondary N) is 2. The minimum Gasteiger partial charge on any atom is -0.506 e. The molecule has 0 radical (unpaired) electrons. The van der Waals surface area contributed by atoms with Gasteiger partial charge in [0.2, 0.25) is 15.9 Å². The van der Waals surface area contributed by atoms with Crippen molar-refractivity contribution < 1.29 is 23.1 Å². The van der Waals surface area contributed by atoms with Crippen molar-refractivity contribution >= 4 is 32.6 Å². The number of hydrogen-bond donors (Lipinski definition) is 3. The van der Waals surface area contributed by atoms with Crippen molar-refractivity contribution in [1.82, 2.24) is 14.9 Å². The quantitative estimate of drug-likeness (QED) is 0.480. The van der Waals surface area contributed by atoms with E-state index in [0.29, 0.717) is 30.3 Å². The van der Waals surface area contributed by atoms with Gasteiger partial charge in [0.15, 0.2) is 0 Å². The van der Waals surface area contributed by atoms with Crippen LogP contribution in [0.5, 0.6) is 5.75 Å². The number of amides is 2. The van der Waals surface area contributed by atoms with Gasteiger partial charge in [0.05, 0.1) is 11.3 Å². The van der Waals surface area contributed by atoms with E-state index in [2.05, 4.69) is 10.0 Å². The average molecular weight is 482 g/mol. The normalized spacial score (nSPS) is 16.0. The summed E-state index contributed by atoms with van der Waals surface area (Å²) in [6.45, 7) is 0.704. The van der Waals surface area contributed by atoms with Crippen LogP contribution in [-0.2, 0) is 27.1 Å². The van der Waals surface area contributed by atoms with Gasteiger partial charge in [0, 0.05) is 18.5 Å². The lowest BCUT2D eigenvalue weighted by Gasteiger charge is -2.24. The van der Waals surface area contributed by atoms with Gasteiger partial charge >= 0.3 is 0 Å². The Kier molecular flexibility index (Phi) is 6.85. The number of rotatable bonds is 7. The zero-order valence-corrected chi connectivity index (χ0v) is 19.6. The zero-order valence-electron chi connectivity index (χ0n) is 18.8. The predicted molar refractivity (Wildman–Crippen MR) is 130 cm³/mol. The van der Waals surface area contributed by atoms with E-state index in [1.165, 1.54) is 11.9 Å². The summed E-state index contributed by atoms with van der Waals surface area (Å²) in [7, 11) is -1.98. The highest BCUT2D eigenvalue weighted by molar-refractivity contribution is 7.88. The number of carbonyl (C=O) groups is 2. The van der Waals surface area contributed by atoms with Crippen LogP contribution in [0.15, 0.2) is 60.7 Å². The number of sulfonamides is 1. The van der Waals surface area contributed by atoms with Crippen molar-refractivity contribution in [3.8, 4) is 5.75 Å². The summed E-state index contributed by atoms with van der Waals surface area (Å²) in [6, 6.07) is 17.0. The first-order valence-electron chi connectivity index (χ1n) is 11.1. The molecule has 8 nitrogen and oxygen atoms in total. The number of nitrogens with zero attached hydrogens (tertiary/aromatic N) is 1. The number of aromatic hydroxyl groups is 1. The van der Waals surface area contributed by atoms with E-state index in [-0.39, 0.29) is 35.4 Å². The van der Waals surface area contributed by atoms with Gasteiger partial charge in [-0.05, 0) is 42.5 Å². The van der Waals surface area contributed by atoms with E-state index >= 15 is 0 Å². The van der Waals surface area contributed by atoms with E-state index < -0.39 is 16.1 Å². The van der Waals surface area contributed by atoms with Crippen molar-refractivity contribution in [2.75, 3.05) is 13.6 Å². The molecule has 1 aliphatic heterocycles. The Hall–Kier alpha value is -3.43. The number of phenols is 1. The fourth-order valence-corrected chi connectivity index (χ4v) is 4.99. The Balaban J connectivity index is 1.42. The highest BCUT2D eigenvalue weighted by Crippen LogP contribution is 2.31. The molecule has 0 saturated carbocycles. The van der Waals surface area contributed by atoms with Crippen LogP contribution in [0.4, 0.5) is 0 Å². The highest BCUT2D eigenvalue weighted by Gasteiger charge is 2.35. The number of benzene rings is 3. The highest BCUT2D eigenvalue weighted by atomic mass is 32.2. The summed E-state index contributed by atoms with van der Waals surface area (Å²) in [5.41, 5.74) is 1.65. The van der Waals surface area contributed by atoms with E-state index in [1.807, 2.05) is 12.1 Å². The molecule has 0 bridgehead atoms. The van der Waals surface area contributed by atoms with Crippen molar-refractivity contribution in [2.24, 2.45) is 0 Å². The van der Waals surface area contributed by atoms with Crippen molar-refractivity contribution in [2.45, 2.75) is 31.2 Å². The van der Waals surface area contributed by atoms with Crippen LogP contribution in [0.3, 0.4) is 0 Å². The molecule has 2 amide bonds. The van der Waals surface area contributed by atoms with Gasteiger partial charge in [-0.2, -0.15) is 0 Å². The molecule has 1 saturated heterocycles. The number of fused-ring (bicyclic) bond motifs is 1. The number of phenolic OH excluding ortho intramolecular Hbond substituents is 1. The van der Waals surface area contributed by atoms with Gasteiger partial charge in [0.1, 0.15) is 11.8 Å². The summed E-state index contributed by atoms with van der Waals surface area (Å²) in [5.74, 6) is -0.810. The standard InChI is InChI=1S/C25H27N3O5S/c1-26-34(32,33)16-18-10-8-17(9-11-18)15-27-24(30)22-7-4-14-28(22)25(31)21-13-12-19-5-2-3-6-20(19)23(21)29/h2-3,5-6,8-13,22,26,29H,4,7,14-16H2,1H3,(H,27,30). The van der Waals surface area contributed by atoms with Crippen LogP contribution >= 0.6 is 0 Å².